The van der Waals surface area contributed by atoms with Gasteiger partial charge in [-0.25, -0.2) is 4.39 Å². The van der Waals surface area contributed by atoms with Gasteiger partial charge in [0, 0.05) is 21.7 Å². The lowest BCUT2D eigenvalue weighted by Gasteiger charge is -2.11. The van der Waals surface area contributed by atoms with E-state index >= 15 is 0 Å². The minimum Gasteiger partial charge on any atom is -0.452 e. The van der Waals surface area contributed by atoms with Crippen LogP contribution in [-0.2, 0) is 0 Å². The zero-order valence-corrected chi connectivity index (χ0v) is 12.8. The largest absolute Gasteiger partial charge is 0.452 e. The molecule has 0 aliphatic rings. The molecule has 1 aromatic heterocycles. The number of rotatable bonds is 2. The molecule has 0 unspecified atom stereocenters. The molecule has 0 aliphatic carbocycles. The Hall–Kier alpha value is -2.14. The fourth-order valence-corrected chi connectivity index (χ4v) is 2.42. The molecule has 0 atom stereocenters. The van der Waals surface area contributed by atoms with E-state index in [0.29, 0.717) is 22.5 Å². The number of nitrogens with two attached hydrogens (primary N) is 1. The van der Waals surface area contributed by atoms with Crippen molar-refractivity contribution in [3.63, 3.8) is 0 Å². The van der Waals surface area contributed by atoms with E-state index in [-0.39, 0.29) is 11.6 Å². The van der Waals surface area contributed by atoms with Crippen LogP contribution in [0.3, 0.4) is 0 Å². The van der Waals surface area contributed by atoms with Gasteiger partial charge in [0.25, 0.3) is 0 Å². The summed E-state index contributed by atoms with van der Waals surface area (Å²) in [4.78, 5) is 4.32. The van der Waals surface area contributed by atoms with E-state index < -0.39 is 0 Å². The van der Waals surface area contributed by atoms with Crippen LogP contribution in [-0.4, -0.2) is 4.98 Å². The molecule has 21 heavy (non-hydrogen) atoms. The van der Waals surface area contributed by atoms with E-state index in [4.69, 9.17) is 10.5 Å². The fourth-order valence-electron chi connectivity index (χ4n) is 2.09. The predicted octanol–water partition coefficient (Wildman–Crippen LogP) is 4.82. The van der Waals surface area contributed by atoms with E-state index in [1.807, 2.05) is 6.07 Å². The number of ether oxygens (including phenoxy) is 1. The third-order valence-corrected chi connectivity index (χ3v) is 3.62. The molecule has 0 radical (unpaired) electrons. The Labute approximate surface area is 129 Å². The van der Waals surface area contributed by atoms with Gasteiger partial charge in [0.2, 0.25) is 0 Å². The molecule has 0 aliphatic heterocycles. The molecule has 0 saturated carbocycles. The number of anilines is 1. The van der Waals surface area contributed by atoms with Crippen molar-refractivity contribution < 1.29 is 9.13 Å². The van der Waals surface area contributed by atoms with Gasteiger partial charge in [-0.2, -0.15) is 0 Å². The van der Waals surface area contributed by atoms with Gasteiger partial charge in [0.05, 0.1) is 0 Å². The first kappa shape index (κ1) is 13.8. The van der Waals surface area contributed by atoms with Crippen molar-refractivity contribution in [2.75, 3.05) is 5.73 Å². The highest BCUT2D eigenvalue weighted by Gasteiger charge is 2.12. The summed E-state index contributed by atoms with van der Waals surface area (Å²) in [6, 6.07) is 10.3. The van der Waals surface area contributed by atoms with Crippen LogP contribution in [0.4, 0.5) is 10.1 Å². The molecule has 3 rings (SSSR count). The van der Waals surface area contributed by atoms with Crippen LogP contribution in [0.5, 0.6) is 11.5 Å². The highest BCUT2D eigenvalue weighted by molar-refractivity contribution is 9.10. The van der Waals surface area contributed by atoms with Gasteiger partial charge in [0.1, 0.15) is 5.52 Å². The minimum atomic E-state index is -0.375. The summed E-state index contributed by atoms with van der Waals surface area (Å²) in [5.74, 6) is 0.265. The number of nitrogens with zero attached hydrogens (tertiary/aromatic N) is 1. The van der Waals surface area contributed by atoms with Gasteiger partial charge in [-0.1, -0.05) is 12.1 Å². The van der Waals surface area contributed by atoms with Gasteiger partial charge in [-0.05, 0) is 52.7 Å². The average molecular weight is 347 g/mol. The molecule has 2 aromatic carbocycles. The molecule has 0 fully saturated rings. The Balaban J connectivity index is 2.13. The van der Waals surface area contributed by atoms with Gasteiger partial charge in [0.15, 0.2) is 17.3 Å². The van der Waals surface area contributed by atoms with E-state index in [2.05, 4.69) is 20.9 Å². The van der Waals surface area contributed by atoms with Crippen molar-refractivity contribution in [2.45, 2.75) is 6.92 Å². The number of aromatic nitrogens is 1. The van der Waals surface area contributed by atoms with Gasteiger partial charge >= 0.3 is 0 Å². The van der Waals surface area contributed by atoms with Crippen molar-refractivity contribution in [2.24, 2.45) is 0 Å². The summed E-state index contributed by atoms with van der Waals surface area (Å²) in [7, 11) is 0. The second-order valence-electron chi connectivity index (χ2n) is 4.69. The summed E-state index contributed by atoms with van der Waals surface area (Å²) in [6.45, 7) is 1.69. The second kappa shape index (κ2) is 5.33. The summed E-state index contributed by atoms with van der Waals surface area (Å²) < 4.78 is 20.6. The molecule has 0 spiro atoms. The number of hydrogen-bond acceptors (Lipinski definition) is 3. The maximum atomic E-state index is 14.1. The van der Waals surface area contributed by atoms with Crippen LogP contribution in [0, 0.1) is 12.7 Å². The standard InChI is InChI=1S/C16H12BrFN2O/c1-9-3-2-4-13(15(9)18)21-14-6-5-12(19)11-7-10(17)8-20-16(11)14/h2-8H,19H2,1H3. The van der Waals surface area contributed by atoms with Crippen molar-refractivity contribution >= 4 is 32.5 Å². The molecular weight excluding hydrogens is 335 g/mol. The van der Waals surface area contributed by atoms with E-state index in [1.54, 1.807) is 43.5 Å². The summed E-state index contributed by atoms with van der Waals surface area (Å²) in [5.41, 5.74) is 7.67. The summed E-state index contributed by atoms with van der Waals surface area (Å²) in [6.07, 6.45) is 1.65. The van der Waals surface area contributed by atoms with Crippen LogP contribution in [0.1, 0.15) is 5.56 Å². The molecule has 5 heteroatoms. The lowest BCUT2D eigenvalue weighted by Crippen LogP contribution is -1.95. The number of halogens is 2. The molecule has 3 aromatic rings. The third kappa shape index (κ3) is 2.56. The number of pyridine rings is 1. The van der Waals surface area contributed by atoms with Crippen LogP contribution in [0.2, 0.25) is 0 Å². The Morgan fingerprint density at radius 2 is 2.00 bits per heavy atom. The fraction of sp³-hybridized carbons (Fsp3) is 0.0625. The number of aryl methyl sites for hydroxylation is 1. The average Bonchev–Trinajstić information content (AvgIpc) is 2.47. The molecule has 0 amide bonds. The maximum absolute atomic E-state index is 14.1. The predicted molar refractivity (Wildman–Crippen MR) is 85.1 cm³/mol. The summed E-state index contributed by atoms with van der Waals surface area (Å²) in [5, 5.41) is 0.759. The molecule has 106 valence electrons. The van der Waals surface area contributed by atoms with E-state index in [1.165, 1.54) is 0 Å². The first-order chi connectivity index (χ1) is 10.1. The molecular formula is C16H12BrFN2O. The quantitative estimate of drug-likeness (QED) is 0.676. The van der Waals surface area contributed by atoms with E-state index in [9.17, 15) is 4.39 Å². The van der Waals surface area contributed by atoms with Gasteiger partial charge in [-0.3, -0.25) is 4.98 Å². The number of fused-ring (bicyclic) bond motifs is 1. The zero-order chi connectivity index (χ0) is 15.0. The lowest BCUT2D eigenvalue weighted by molar-refractivity contribution is 0.443. The highest BCUT2D eigenvalue weighted by atomic mass is 79.9. The first-order valence-electron chi connectivity index (χ1n) is 6.33. The maximum Gasteiger partial charge on any atom is 0.168 e. The van der Waals surface area contributed by atoms with Gasteiger partial charge < -0.3 is 10.5 Å². The van der Waals surface area contributed by atoms with Gasteiger partial charge in [-0.15, -0.1) is 0 Å². The van der Waals surface area contributed by atoms with Crippen molar-refractivity contribution in [3.05, 3.63) is 58.4 Å². The lowest BCUT2D eigenvalue weighted by atomic mass is 10.1. The van der Waals surface area contributed by atoms with Crippen LogP contribution < -0.4 is 10.5 Å². The monoisotopic (exact) mass is 346 g/mol. The first-order valence-corrected chi connectivity index (χ1v) is 7.12. The van der Waals surface area contributed by atoms with Crippen LogP contribution in [0.15, 0.2) is 47.1 Å². The molecule has 0 saturated heterocycles. The zero-order valence-electron chi connectivity index (χ0n) is 11.2. The Morgan fingerprint density at radius 3 is 2.81 bits per heavy atom. The summed E-state index contributed by atoms with van der Waals surface area (Å²) >= 11 is 3.36. The Morgan fingerprint density at radius 1 is 1.19 bits per heavy atom. The number of benzene rings is 2. The Bertz CT molecular complexity index is 836. The smallest absolute Gasteiger partial charge is 0.168 e. The number of nitrogen functional groups attached to an aromatic ring is 1. The third-order valence-electron chi connectivity index (χ3n) is 3.19. The van der Waals surface area contributed by atoms with Crippen molar-refractivity contribution in [3.8, 4) is 11.5 Å². The van der Waals surface area contributed by atoms with Crippen molar-refractivity contribution in [1.82, 2.24) is 4.98 Å². The number of hydrogen-bond donors (Lipinski definition) is 1. The second-order valence-corrected chi connectivity index (χ2v) is 5.61. The highest BCUT2D eigenvalue weighted by Crippen LogP contribution is 2.34. The minimum absolute atomic E-state index is 0.172. The molecule has 3 nitrogen and oxygen atoms in total. The topological polar surface area (TPSA) is 48.1 Å². The van der Waals surface area contributed by atoms with Crippen LogP contribution in [0.25, 0.3) is 10.9 Å². The van der Waals surface area contributed by atoms with Crippen LogP contribution >= 0.6 is 15.9 Å². The normalized spacial score (nSPS) is 10.8. The molecule has 1 heterocycles. The van der Waals surface area contributed by atoms with E-state index in [0.717, 1.165) is 9.86 Å². The van der Waals surface area contributed by atoms with Crippen molar-refractivity contribution in [1.29, 1.82) is 0 Å². The SMILES string of the molecule is Cc1cccc(Oc2ccc(N)c3cc(Br)cnc23)c1F. The Kier molecular flexibility index (Phi) is 3.51. The molecule has 2 N–H and O–H groups in total. The molecule has 0 bridgehead atoms.